The maximum absolute atomic E-state index is 12.6. The molecule has 0 spiro atoms. The molecule has 23 heavy (non-hydrogen) atoms. The topological polar surface area (TPSA) is 67.3 Å². The molecule has 0 aromatic carbocycles. The number of aryl methyl sites for hydroxylation is 1. The zero-order chi connectivity index (χ0) is 16.4. The van der Waals surface area contributed by atoms with Crippen molar-refractivity contribution >= 4 is 11.7 Å². The molecule has 1 N–H and O–H groups in total. The maximum atomic E-state index is 12.6. The number of anilines is 1. The van der Waals surface area contributed by atoms with Crippen LogP contribution in [-0.4, -0.2) is 46.7 Å². The highest BCUT2D eigenvalue weighted by Gasteiger charge is 2.31. The molecule has 6 heteroatoms. The molecule has 1 atom stereocenters. The summed E-state index contributed by atoms with van der Waals surface area (Å²) >= 11 is 0. The Morgan fingerprint density at radius 2 is 2.17 bits per heavy atom. The molecule has 1 saturated heterocycles. The van der Waals surface area contributed by atoms with E-state index in [1.54, 1.807) is 13.3 Å². The van der Waals surface area contributed by atoms with Crippen molar-refractivity contribution in [2.45, 2.75) is 57.5 Å². The van der Waals surface area contributed by atoms with Gasteiger partial charge in [0, 0.05) is 26.1 Å². The number of likely N-dealkylation sites (tertiary alicyclic amines) is 1. The zero-order valence-electron chi connectivity index (χ0n) is 14.3. The number of aromatic nitrogens is 2. The zero-order valence-corrected chi connectivity index (χ0v) is 14.3. The van der Waals surface area contributed by atoms with Gasteiger partial charge in [0.15, 0.2) is 0 Å². The lowest BCUT2D eigenvalue weighted by atomic mass is 9.97. The first-order valence-corrected chi connectivity index (χ1v) is 8.45. The number of rotatable bonds is 3. The maximum Gasteiger partial charge on any atom is 0.321 e. The van der Waals surface area contributed by atoms with E-state index in [2.05, 4.69) is 22.2 Å². The summed E-state index contributed by atoms with van der Waals surface area (Å²) in [5.41, 5.74) is 1.63. The molecule has 0 radical (unpaired) electrons. The Hall–Kier alpha value is -1.69. The van der Waals surface area contributed by atoms with Gasteiger partial charge in [0.25, 0.3) is 0 Å². The molecule has 1 saturated carbocycles. The van der Waals surface area contributed by atoms with Crippen LogP contribution in [0.4, 0.5) is 10.5 Å². The van der Waals surface area contributed by atoms with E-state index in [0.29, 0.717) is 12.5 Å². The fourth-order valence-electron chi connectivity index (χ4n) is 3.11. The third kappa shape index (κ3) is 3.80. The summed E-state index contributed by atoms with van der Waals surface area (Å²) in [5, 5.41) is 3.02. The van der Waals surface area contributed by atoms with Gasteiger partial charge in [-0.1, -0.05) is 0 Å². The molecule has 126 valence electrons. The Morgan fingerprint density at radius 1 is 1.39 bits per heavy atom. The van der Waals surface area contributed by atoms with E-state index in [9.17, 15) is 4.79 Å². The predicted molar refractivity (Wildman–Crippen MR) is 88.6 cm³/mol. The molecule has 6 nitrogen and oxygen atoms in total. The SMILES string of the molecule is COC1(C)CCCN(C(=O)Nc2cnc(C)nc2C2CC2)CC1. The Morgan fingerprint density at radius 3 is 2.87 bits per heavy atom. The second-order valence-corrected chi connectivity index (χ2v) is 6.92. The van der Waals surface area contributed by atoms with Crippen LogP contribution in [0.5, 0.6) is 0 Å². The number of nitrogens with zero attached hydrogens (tertiary/aromatic N) is 3. The van der Waals surface area contributed by atoms with Crippen LogP contribution < -0.4 is 5.32 Å². The van der Waals surface area contributed by atoms with Gasteiger partial charge in [-0.2, -0.15) is 0 Å². The van der Waals surface area contributed by atoms with Crippen LogP contribution in [0.15, 0.2) is 6.20 Å². The number of nitrogens with one attached hydrogen (secondary N) is 1. The minimum atomic E-state index is -0.124. The van der Waals surface area contributed by atoms with Crippen LogP contribution in [-0.2, 0) is 4.74 Å². The molecule has 2 aliphatic rings. The van der Waals surface area contributed by atoms with E-state index >= 15 is 0 Å². The minimum Gasteiger partial charge on any atom is -0.378 e. The number of ether oxygens (including phenoxy) is 1. The normalized spacial score (nSPS) is 25.1. The largest absolute Gasteiger partial charge is 0.378 e. The first-order chi connectivity index (χ1) is 11.0. The van der Waals surface area contributed by atoms with Crippen LogP contribution in [0, 0.1) is 6.92 Å². The smallest absolute Gasteiger partial charge is 0.321 e. The van der Waals surface area contributed by atoms with E-state index in [0.717, 1.165) is 55.9 Å². The summed E-state index contributed by atoms with van der Waals surface area (Å²) in [6.07, 6.45) is 6.83. The summed E-state index contributed by atoms with van der Waals surface area (Å²) in [6, 6.07) is -0.0558. The van der Waals surface area contributed by atoms with Gasteiger partial charge in [0.2, 0.25) is 0 Å². The van der Waals surface area contributed by atoms with Crippen molar-refractivity contribution in [2.24, 2.45) is 0 Å². The van der Waals surface area contributed by atoms with Crippen molar-refractivity contribution in [1.82, 2.24) is 14.9 Å². The lowest BCUT2D eigenvalue weighted by molar-refractivity contribution is -0.00491. The second kappa shape index (κ2) is 6.43. The average Bonchev–Trinajstić information content (AvgIpc) is 3.37. The molecular weight excluding hydrogens is 292 g/mol. The van der Waals surface area contributed by atoms with Crippen molar-refractivity contribution in [3.63, 3.8) is 0 Å². The quantitative estimate of drug-likeness (QED) is 0.930. The average molecular weight is 318 g/mol. The fraction of sp³-hybridized carbons (Fsp3) is 0.706. The molecule has 1 aromatic heterocycles. The minimum absolute atomic E-state index is 0.0558. The van der Waals surface area contributed by atoms with Crippen LogP contribution >= 0.6 is 0 Å². The highest BCUT2D eigenvalue weighted by molar-refractivity contribution is 5.90. The van der Waals surface area contributed by atoms with Crippen LogP contribution in [0.1, 0.15) is 56.5 Å². The van der Waals surface area contributed by atoms with Gasteiger partial charge in [-0.25, -0.2) is 14.8 Å². The second-order valence-electron chi connectivity index (χ2n) is 6.92. The molecule has 1 aliphatic carbocycles. The molecule has 1 unspecified atom stereocenters. The number of hydrogen-bond donors (Lipinski definition) is 1. The van der Waals surface area contributed by atoms with E-state index < -0.39 is 0 Å². The molecular formula is C17H26N4O2. The standard InChI is InChI=1S/C17H26N4O2/c1-12-18-11-14(15(19-12)13-5-6-13)20-16(22)21-9-4-7-17(2,23-3)8-10-21/h11,13H,4-10H2,1-3H3,(H,20,22). The van der Waals surface area contributed by atoms with Gasteiger partial charge in [-0.15, -0.1) is 0 Å². The summed E-state index contributed by atoms with van der Waals surface area (Å²) in [4.78, 5) is 23.3. The number of amides is 2. The highest BCUT2D eigenvalue weighted by Crippen LogP contribution is 2.42. The molecule has 0 bridgehead atoms. The fourth-order valence-corrected chi connectivity index (χ4v) is 3.11. The van der Waals surface area contributed by atoms with E-state index in [-0.39, 0.29) is 11.6 Å². The molecule has 1 aliphatic heterocycles. The van der Waals surface area contributed by atoms with Gasteiger partial charge in [0.1, 0.15) is 5.82 Å². The first-order valence-electron chi connectivity index (χ1n) is 8.45. The van der Waals surface area contributed by atoms with E-state index in [4.69, 9.17) is 4.74 Å². The lowest BCUT2D eigenvalue weighted by Gasteiger charge is -2.26. The summed E-state index contributed by atoms with van der Waals surface area (Å²) in [5.74, 6) is 1.24. The Kier molecular flexibility index (Phi) is 4.53. The van der Waals surface area contributed by atoms with Crippen LogP contribution in [0.2, 0.25) is 0 Å². The number of methoxy groups -OCH3 is 1. The van der Waals surface area contributed by atoms with Gasteiger partial charge in [-0.3, -0.25) is 0 Å². The van der Waals surface area contributed by atoms with Gasteiger partial charge in [-0.05, 0) is 46.0 Å². The molecule has 2 amide bonds. The van der Waals surface area contributed by atoms with Crippen molar-refractivity contribution in [1.29, 1.82) is 0 Å². The Balaban J connectivity index is 1.67. The third-order valence-corrected chi connectivity index (χ3v) is 4.97. The highest BCUT2D eigenvalue weighted by atomic mass is 16.5. The first kappa shape index (κ1) is 16.2. The lowest BCUT2D eigenvalue weighted by Crippen LogP contribution is -2.37. The summed E-state index contributed by atoms with van der Waals surface area (Å²) in [6.45, 7) is 5.48. The predicted octanol–water partition coefficient (Wildman–Crippen LogP) is 3.09. The van der Waals surface area contributed by atoms with Crippen molar-refractivity contribution in [2.75, 3.05) is 25.5 Å². The Bertz CT molecular complexity index is 588. The molecule has 2 fully saturated rings. The molecule has 3 rings (SSSR count). The van der Waals surface area contributed by atoms with Crippen molar-refractivity contribution in [3.05, 3.63) is 17.7 Å². The summed E-state index contributed by atoms with van der Waals surface area (Å²) < 4.78 is 5.60. The number of carbonyl (C=O) groups is 1. The number of urea groups is 1. The van der Waals surface area contributed by atoms with Gasteiger partial charge >= 0.3 is 6.03 Å². The van der Waals surface area contributed by atoms with Crippen LogP contribution in [0.25, 0.3) is 0 Å². The molecule has 1 aromatic rings. The van der Waals surface area contributed by atoms with E-state index in [1.165, 1.54) is 0 Å². The van der Waals surface area contributed by atoms with Crippen molar-refractivity contribution < 1.29 is 9.53 Å². The number of carbonyl (C=O) groups excluding carboxylic acids is 1. The van der Waals surface area contributed by atoms with E-state index in [1.807, 2.05) is 11.8 Å². The van der Waals surface area contributed by atoms with Crippen molar-refractivity contribution in [3.8, 4) is 0 Å². The van der Waals surface area contributed by atoms with Gasteiger partial charge < -0.3 is 15.0 Å². The summed E-state index contributed by atoms with van der Waals surface area (Å²) in [7, 11) is 1.75. The van der Waals surface area contributed by atoms with Gasteiger partial charge in [0.05, 0.1) is 23.2 Å². The monoisotopic (exact) mass is 318 g/mol. The molecule has 2 heterocycles. The number of hydrogen-bond acceptors (Lipinski definition) is 4. The Labute approximate surface area is 137 Å². The third-order valence-electron chi connectivity index (χ3n) is 4.97. The van der Waals surface area contributed by atoms with Crippen LogP contribution in [0.3, 0.4) is 0 Å².